The topological polar surface area (TPSA) is 72.3 Å². The van der Waals surface area contributed by atoms with Gasteiger partial charge in [0.25, 0.3) is 0 Å². The van der Waals surface area contributed by atoms with E-state index < -0.39 is 0 Å². The fourth-order valence-corrected chi connectivity index (χ4v) is 4.05. The molecule has 0 saturated carbocycles. The summed E-state index contributed by atoms with van der Waals surface area (Å²) in [6.45, 7) is 2.82. The smallest absolute Gasteiger partial charge is 0.232 e. The zero-order valence-corrected chi connectivity index (χ0v) is 14.8. The first kappa shape index (κ1) is 16.5. The molecule has 1 amide bonds. The van der Waals surface area contributed by atoms with Crippen LogP contribution in [0.1, 0.15) is 19.3 Å². The van der Waals surface area contributed by atoms with E-state index in [1.807, 2.05) is 23.7 Å². The molecule has 0 unspecified atom stereocenters. The molecule has 2 atom stereocenters. The van der Waals surface area contributed by atoms with Crippen molar-refractivity contribution >= 4 is 23.0 Å². The Labute approximate surface area is 147 Å². The van der Waals surface area contributed by atoms with Crippen molar-refractivity contribution in [3.8, 4) is 0 Å². The van der Waals surface area contributed by atoms with Gasteiger partial charge in [-0.15, -0.1) is 0 Å². The highest BCUT2D eigenvalue weighted by Crippen LogP contribution is 2.33. The summed E-state index contributed by atoms with van der Waals surface area (Å²) in [7, 11) is 4.02. The van der Waals surface area contributed by atoms with Gasteiger partial charge >= 0.3 is 0 Å². The molecule has 4 rings (SSSR count). The second-order valence-corrected chi connectivity index (χ2v) is 7.20. The third-order valence-corrected chi connectivity index (χ3v) is 5.56. The Morgan fingerprint density at radius 2 is 2.08 bits per heavy atom. The van der Waals surface area contributed by atoms with Gasteiger partial charge in [-0.05, 0) is 57.5 Å². The predicted molar refractivity (Wildman–Crippen MR) is 95.2 cm³/mol. The number of likely N-dealkylation sites (tertiary alicyclic amines) is 1. The van der Waals surface area contributed by atoms with Crippen LogP contribution in [-0.4, -0.2) is 58.2 Å². The van der Waals surface area contributed by atoms with Gasteiger partial charge in [-0.25, -0.2) is 9.97 Å². The number of imidazole rings is 1. The lowest BCUT2D eigenvalue weighted by Gasteiger charge is -2.34. The highest BCUT2D eigenvalue weighted by molar-refractivity contribution is 5.93. The molecular formula is C18H25N5O2. The summed E-state index contributed by atoms with van der Waals surface area (Å²) in [5, 5.41) is 3.00. The van der Waals surface area contributed by atoms with Crippen molar-refractivity contribution in [3.05, 3.63) is 18.3 Å². The van der Waals surface area contributed by atoms with E-state index >= 15 is 0 Å². The summed E-state index contributed by atoms with van der Waals surface area (Å²) >= 11 is 0. The number of carbonyl (C=O) groups excluding carboxylic acids is 1. The van der Waals surface area contributed by atoms with Crippen molar-refractivity contribution < 1.29 is 9.53 Å². The molecule has 1 N–H and O–H groups in total. The molecule has 2 aromatic rings. The van der Waals surface area contributed by atoms with E-state index in [9.17, 15) is 4.79 Å². The maximum atomic E-state index is 12.9. The number of amides is 1. The molecule has 2 fully saturated rings. The molecule has 7 nitrogen and oxygen atoms in total. The fraction of sp³-hybridized carbons (Fsp3) is 0.611. The first-order valence-electron chi connectivity index (χ1n) is 9.02. The van der Waals surface area contributed by atoms with Gasteiger partial charge in [0.05, 0.1) is 12.0 Å². The molecule has 4 heterocycles. The Hall–Kier alpha value is -1.99. The number of pyridine rings is 1. The van der Waals surface area contributed by atoms with Crippen LogP contribution in [0.5, 0.6) is 0 Å². The van der Waals surface area contributed by atoms with Crippen molar-refractivity contribution in [1.82, 2.24) is 19.4 Å². The number of hydrogen-bond acceptors (Lipinski definition) is 5. The third kappa shape index (κ3) is 3.14. The normalized spacial score (nSPS) is 25.5. The van der Waals surface area contributed by atoms with Crippen molar-refractivity contribution in [2.24, 2.45) is 18.9 Å². The summed E-state index contributed by atoms with van der Waals surface area (Å²) in [6.07, 6.45) is 4.74. The van der Waals surface area contributed by atoms with Gasteiger partial charge in [0.15, 0.2) is 5.65 Å². The average molecular weight is 343 g/mol. The molecule has 134 valence electrons. The van der Waals surface area contributed by atoms with Crippen molar-refractivity contribution in [2.75, 3.05) is 32.1 Å². The van der Waals surface area contributed by atoms with E-state index in [2.05, 4.69) is 27.2 Å². The van der Waals surface area contributed by atoms with Crippen molar-refractivity contribution in [2.45, 2.75) is 25.4 Å². The van der Waals surface area contributed by atoms with Gasteiger partial charge in [-0.1, -0.05) is 0 Å². The summed E-state index contributed by atoms with van der Waals surface area (Å²) in [4.78, 5) is 24.0. The monoisotopic (exact) mass is 343 g/mol. The lowest BCUT2D eigenvalue weighted by atomic mass is 9.84. The molecule has 2 aliphatic rings. The van der Waals surface area contributed by atoms with Crippen molar-refractivity contribution in [1.29, 1.82) is 0 Å². The Kier molecular flexibility index (Phi) is 4.43. The Bertz CT molecular complexity index is 766. The number of nitrogens with zero attached hydrogens (tertiary/aromatic N) is 4. The maximum absolute atomic E-state index is 12.9. The Morgan fingerprint density at radius 3 is 2.84 bits per heavy atom. The molecule has 0 spiro atoms. The molecule has 2 aliphatic heterocycles. The summed E-state index contributed by atoms with van der Waals surface area (Å²) in [6, 6.07) is 3.75. The molecule has 0 radical (unpaired) electrons. The largest absolute Gasteiger partial charge is 0.377 e. The maximum Gasteiger partial charge on any atom is 0.232 e. The number of aromatic nitrogens is 3. The van der Waals surface area contributed by atoms with E-state index in [0.717, 1.165) is 43.5 Å². The molecule has 2 aromatic heterocycles. The first-order chi connectivity index (χ1) is 12.1. The minimum absolute atomic E-state index is 0.0137. The molecular weight excluding hydrogens is 318 g/mol. The Morgan fingerprint density at radius 1 is 1.28 bits per heavy atom. The van der Waals surface area contributed by atoms with Gasteiger partial charge in [-0.3, -0.25) is 14.7 Å². The third-order valence-electron chi connectivity index (χ3n) is 5.56. The quantitative estimate of drug-likeness (QED) is 0.917. The van der Waals surface area contributed by atoms with Gasteiger partial charge in [-0.2, -0.15) is 0 Å². The first-order valence-corrected chi connectivity index (χ1v) is 9.02. The van der Waals surface area contributed by atoms with Crippen LogP contribution >= 0.6 is 0 Å². The summed E-state index contributed by atoms with van der Waals surface area (Å²) in [5.41, 5.74) is 1.56. The lowest BCUT2D eigenvalue weighted by molar-refractivity contribution is -0.123. The highest BCUT2D eigenvalue weighted by Gasteiger charge is 2.40. The van der Waals surface area contributed by atoms with Gasteiger partial charge < -0.3 is 9.64 Å². The van der Waals surface area contributed by atoms with E-state index in [-0.39, 0.29) is 17.9 Å². The van der Waals surface area contributed by atoms with Gasteiger partial charge in [0.1, 0.15) is 5.52 Å². The van der Waals surface area contributed by atoms with Crippen LogP contribution in [0.4, 0.5) is 5.95 Å². The SMILES string of the molecule is CN1CCC([C@H]2OCC[C@@H]2C(=O)Nc2nc3cccnc3n2C)CC1. The van der Waals surface area contributed by atoms with Gasteiger partial charge in [0, 0.05) is 19.9 Å². The second-order valence-electron chi connectivity index (χ2n) is 7.20. The van der Waals surface area contributed by atoms with Crippen LogP contribution in [0.3, 0.4) is 0 Å². The van der Waals surface area contributed by atoms with Crippen LogP contribution in [0.15, 0.2) is 18.3 Å². The molecule has 25 heavy (non-hydrogen) atoms. The predicted octanol–water partition coefficient (Wildman–Crippen LogP) is 1.65. The fourth-order valence-electron chi connectivity index (χ4n) is 4.05. The van der Waals surface area contributed by atoms with E-state index in [0.29, 0.717) is 18.5 Å². The number of hydrogen-bond donors (Lipinski definition) is 1. The summed E-state index contributed by atoms with van der Waals surface area (Å²) < 4.78 is 7.80. The molecule has 0 bridgehead atoms. The zero-order valence-electron chi connectivity index (χ0n) is 14.8. The molecule has 0 aliphatic carbocycles. The second kappa shape index (κ2) is 6.72. The van der Waals surface area contributed by atoms with Crippen LogP contribution in [-0.2, 0) is 16.6 Å². The number of fused-ring (bicyclic) bond motifs is 1. The number of aryl methyl sites for hydroxylation is 1. The molecule has 0 aromatic carbocycles. The lowest BCUT2D eigenvalue weighted by Crippen LogP contribution is -2.40. The standard InChI is InChI=1S/C18H25N5O2/c1-22-9-5-12(6-10-22)15-13(7-11-25-15)17(24)21-18-20-14-4-3-8-19-16(14)23(18)2/h3-4,8,12-13,15H,5-7,9-11H2,1-2H3,(H,20,21,24)/t13-,15+/m0/s1. The number of piperidine rings is 1. The number of anilines is 1. The number of nitrogens with one attached hydrogen (secondary N) is 1. The minimum Gasteiger partial charge on any atom is -0.377 e. The van der Waals surface area contributed by atoms with Crippen LogP contribution in [0, 0.1) is 11.8 Å². The number of rotatable bonds is 3. The van der Waals surface area contributed by atoms with Crippen LogP contribution < -0.4 is 5.32 Å². The van der Waals surface area contributed by atoms with E-state index in [1.54, 1.807) is 6.20 Å². The molecule has 2 saturated heterocycles. The van der Waals surface area contributed by atoms with Crippen LogP contribution in [0.25, 0.3) is 11.2 Å². The minimum atomic E-state index is -0.0961. The number of carbonyl (C=O) groups is 1. The van der Waals surface area contributed by atoms with E-state index in [1.165, 1.54) is 0 Å². The average Bonchev–Trinajstić information content (AvgIpc) is 3.22. The Balaban J connectivity index is 1.48. The van der Waals surface area contributed by atoms with Gasteiger partial charge in [0.2, 0.25) is 11.9 Å². The van der Waals surface area contributed by atoms with E-state index in [4.69, 9.17) is 4.74 Å². The highest BCUT2D eigenvalue weighted by atomic mass is 16.5. The number of ether oxygens (including phenoxy) is 1. The van der Waals surface area contributed by atoms with Crippen LogP contribution in [0.2, 0.25) is 0 Å². The zero-order chi connectivity index (χ0) is 17.4. The summed E-state index contributed by atoms with van der Waals surface area (Å²) in [5.74, 6) is 0.935. The van der Waals surface area contributed by atoms with Crippen molar-refractivity contribution in [3.63, 3.8) is 0 Å². The molecule has 7 heteroatoms.